The predicted octanol–water partition coefficient (Wildman–Crippen LogP) is -2.16. The number of aliphatic hydroxyl groups is 2. The van der Waals surface area contributed by atoms with E-state index in [0.717, 1.165) is 14.2 Å². The molecule has 0 fully saturated rings. The zero-order chi connectivity index (χ0) is 15.7. The molecule has 0 rings (SSSR count). The van der Waals surface area contributed by atoms with Crippen molar-refractivity contribution >= 4 is 23.9 Å². The topological polar surface area (TPSA) is 146 Å². The van der Waals surface area contributed by atoms with E-state index < -0.39 is 49.3 Å². The minimum atomic E-state index is -2.09. The molecule has 0 amide bonds. The molecule has 2 unspecified atom stereocenters. The van der Waals surface area contributed by atoms with Gasteiger partial charge in [0.15, 0.2) is 0 Å². The van der Waals surface area contributed by atoms with Crippen LogP contribution in [0.2, 0.25) is 0 Å². The van der Waals surface area contributed by atoms with E-state index in [9.17, 15) is 19.2 Å². The Morgan fingerprint density at radius 1 is 0.800 bits per heavy atom. The molecule has 0 aliphatic carbocycles. The first-order valence-corrected chi connectivity index (χ1v) is 5.22. The smallest absolute Gasteiger partial charge is 0.375 e. The molecule has 0 spiro atoms. The molecule has 0 bridgehead atoms. The number of carbonyl (C=O) groups excluding carboxylic acids is 4. The van der Waals surface area contributed by atoms with E-state index in [-0.39, 0.29) is 0 Å². The van der Waals surface area contributed by atoms with Gasteiger partial charge in [0.2, 0.25) is 0 Å². The summed E-state index contributed by atoms with van der Waals surface area (Å²) >= 11 is 0. The lowest BCUT2D eigenvalue weighted by Crippen LogP contribution is -2.29. The molecule has 0 saturated heterocycles. The summed E-state index contributed by atoms with van der Waals surface area (Å²) < 4.78 is 16.6. The molecule has 10 nitrogen and oxygen atoms in total. The molecule has 114 valence electrons. The molecule has 0 aromatic heterocycles. The zero-order valence-electron chi connectivity index (χ0n) is 10.7. The van der Waals surface area contributed by atoms with E-state index in [1.54, 1.807) is 0 Å². The predicted molar refractivity (Wildman–Crippen MR) is 57.5 cm³/mol. The molecule has 10 heteroatoms. The number of aliphatic hydroxyl groups excluding tert-OH is 2. The average molecular weight is 294 g/mol. The third-order valence-corrected chi connectivity index (χ3v) is 1.83. The summed E-state index contributed by atoms with van der Waals surface area (Å²) in [7, 11) is 1.95. The minimum Gasteiger partial charge on any atom is -0.464 e. The standard InChI is InChI=1S/C10H14O10/c1-17-7(13)9(15)19-5(11)3-4-6(12)20-10(16)8(14)18-2/h9-10,15-16H,3-4H2,1-2H3. The molecule has 2 atom stereocenters. The van der Waals surface area contributed by atoms with Crippen molar-refractivity contribution < 1.29 is 48.3 Å². The van der Waals surface area contributed by atoms with Crippen molar-refractivity contribution in [2.45, 2.75) is 25.4 Å². The highest BCUT2D eigenvalue weighted by Gasteiger charge is 2.23. The normalized spacial score (nSPS) is 12.8. The average Bonchev–Trinajstić information content (AvgIpc) is 2.42. The first-order valence-electron chi connectivity index (χ1n) is 5.22. The van der Waals surface area contributed by atoms with Crippen molar-refractivity contribution in [1.29, 1.82) is 0 Å². The van der Waals surface area contributed by atoms with Crippen molar-refractivity contribution in [3.05, 3.63) is 0 Å². The number of hydrogen-bond donors (Lipinski definition) is 2. The number of rotatable bonds is 7. The van der Waals surface area contributed by atoms with Crippen LogP contribution in [0, 0.1) is 0 Å². The van der Waals surface area contributed by atoms with Crippen LogP contribution in [0.4, 0.5) is 0 Å². The third kappa shape index (κ3) is 6.66. The molecular weight excluding hydrogens is 280 g/mol. The molecule has 0 aliphatic rings. The summed E-state index contributed by atoms with van der Waals surface area (Å²) in [6.07, 6.45) is -5.27. The maximum absolute atomic E-state index is 11.1. The highest BCUT2D eigenvalue weighted by atomic mass is 16.7. The van der Waals surface area contributed by atoms with Gasteiger partial charge < -0.3 is 29.2 Å². The van der Waals surface area contributed by atoms with Gasteiger partial charge in [0, 0.05) is 0 Å². The quantitative estimate of drug-likeness (QED) is 0.302. The first kappa shape index (κ1) is 17.8. The van der Waals surface area contributed by atoms with E-state index in [0.29, 0.717) is 0 Å². The van der Waals surface area contributed by atoms with Crippen molar-refractivity contribution in [2.75, 3.05) is 14.2 Å². The van der Waals surface area contributed by atoms with Gasteiger partial charge >= 0.3 is 23.9 Å². The van der Waals surface area contributed by atoms with Crippen molar-refractivity contribution in [3.63, 3.8) is 0 Å². The van der Waals surface area contributed by atoms with Crippen molar-refractivity contribution in [2.24, 2.45) is 0 Å². The zero-order valence-corrected chi connectivity index (χ0v) is 10.7. The molecule has 0 radical (unpaired) electrons. The lowest BCUT2D eigenvalue weighted by atomic mass is 10.3. The summed E-state index contributed by atoms with van der Waals surface area (Å²) in [6.45, 7) is 0. The Labute approximate surface area is 113 Å². The van der Waals surface area contributed by atoms with Gasteiger partial charge in [-0.05, 0) is 0 Å². The molecule has 20 heavy (non-hydrogen) atoms. The number of carbonyl (C=O) groups is 4. The SMILES string of the molecule is COC(=O)C(O)OC(=O)CCC(=O)OC(O)C(=O)OC. The Balaban J connectivity index is 4.04. The van der Waals surface area contributed by atoms with Crippen LogP contribution in [0.5, 0.6) is 0 Å². The molecule has 2 N–H and O–H groups in total. The van der Waals surface area contributed by atoms with Gasteiger partial charge in [-0.1, -0.05) is 0 Å². The van der Waals surface area contributed by atoms with Crippen LogP contribution in [0.15, 0.2) is 0 Å². The summed E-state index contributed by atoms with van der Waals surface area (Å²) in [5, 5.41) is 17.9. The van der Waals surface area contributed by atoms with E-state index in [1.165, 1.54) is 0 Å². The van der Waals surface area contributed by atoms with E-state index in [4.69, 9.17) is 10.2 Å². The summed E-state index contributed by atoms with van der Waals surface area (Å²) in [5.74, 6) is -4.51. The largest absolute Gasteiger partial charge is 0.464 e. The maximum atomic E-state index is 11.1. The van der Waals surface area contributed by atoms with Crippen LogP contribution in [-0.4, -0.2) is 60.9 Å². The number of esters is 4. The summed E-state index contributed by atoms with van der Waals surface area (Å²) in [6, 6.07) is 0. The van der Waals surface area contributed by atoms with Crippen LogP contribution < -0.4 is 0 Å². The van der Waals surface area contributed by atoms with Gasteiger partial charge in [-0.25, -0.2) is 9.59 Å². The first-order chi connectivity index (χ1) is 9.31. The minimum absolute atomic E-state index is 0.541. The van der Waals surface area contributed by atoms with Crippen molar-refractivity contribution in [1.82, 2.24) is 0 Å². The Bertz CT molecular complexity index is 340. The van der Waals surface area contributed by atoms with Gasteiger partial charge in [-0.15, -0.1) is 0 Å². The highest BCUT2D eigenvalue weighted by Crippen LogP contribution is 2.01. The fraction of sp³-hybridized carbons (Fsp3) is 0.600. The number of ether oxygens (including phenoxy) is 4. The second kappa shape index (κ2) is 8.82. The van der Waals surface area contributed by atoms with Gasteiger partial charge in [0.25, 0.3) is 12.6 Å². The van der Waals surface area contributed by atoms with Crippen LogP contribution in [0.1, 0.15) is 12.8 Å². The fourth-order valence-corrected chi connectivity index (χ4v) is 0.869. The lowest BCUT2D eigenvalue weighted by Gasteiger charge is -2.11. The van der Waals surface area contributed by atoms with Gasteiger partial charge in [0.05, 0.1) is 27.1 Å². The molecule has 0 heterocycles. The van der Waals surface area contributed by atoms with Gasteiger partial charge in [-0.2, -0.15) is 0 Å². The number of methoxy groups -OCH3 is 2. The van der Waals surface area contributed by atoms with E-state index in [2.05, 4.69) is 18.9 Å². The molecular formula is C10H14O10. The Morgan fingerprint density at radius 2 is 1.10 bits per heavy atom. The van der Waals surface area contributed by atoms with Crippen LogP contribution in [0.3, 0.4) is 0 Å². The second-order valence-corrected chi connectivity index (χ2v) is 3.23. The van der Waals surface area contributed by atoms with Crippen LogP contribution >= 0.6 is 0 Å². The lowest BCUT2D eigenvalue weighted by molar-refractivity contribution is -0.192. The molecule has 0 aromatic carbocycles. The Hall–Kier alpha value is -2.20. The molecule has 0 aliphatic heterocycles. The highest BCUT2D eigenvalue weighted by molar-refractivity contribution is 5.82. The Kier molecular flexibility index (Phi) is 7.85. The van der Waals surface area contributed by atoms with Gasteiger partial charge in [-0.3, -0.25) is 9.59 Å². The van der Waals surface area contributed by atoms with E-state index >= 15 is 0 Å². The van der Waals surface area contributed by atoms with Gasteiger partial charge in [0.1, 0.15) is 0 Å². The van der Waals surface area contributed by atoms with Crippen LogP contribution in [-0.2, 0) is 38.1 Å². The van der Waals surface area contributed by atoms with Crippen molar-refractivity contribution in [3.8, 4) is 0 Å². The Morgan fingerprint density at radius 3 is 1.35 bits per heavy atom. The molecule has 0 aromatic rings. The third-order valence-electron chi connectivity index (χ3n) is 1.83. The fourth-order valence-electron chi connectivity index (χ4n) is 0.869. The van der Waals surface area contributed by atoms with Crippen LogP contribution in [0.25, 0.3) is 0 Å². The summed E-state index contributed by atoms with van der Waals surface area (Å²) in [5.41, 5.74) is 0. The van der Waals surface area contributed by atoms with E-state index in [1.807, 2.05) is 0 Å². The number of hydrogen-bond acceptors (Lipinski definition) is 10. The molecule has 0 saturated carbocycles. The monoisotopic (exact) mass is 294 g/mol. The maximum Gasteiger partial charge on any atom is 0.375 e. The second-order valence-electron chi connectivity index (χ2n) is 3.23. The summed E-state index contributed by atoms with van der Waals surface area (Å²) in [4.78, 5) is 43.6.